The van der Waals surface area contributed by atoms with Gasteiger partial charge in [-0.3, -0.25) is 9.59 Å². The zero-order chi connectivity index (χ0) is 22.0. The van der Waals surface area contributed by atoms with E-state index in [2.05, 4.69) is 10.6 Å². The fraction of sp³-hybridized carbons (Fsp3) is 0.333. The molecule has 2 amide bonds. The van der Waals surface area contributed by atoms with E-state index >= 15 is 0 Å². The number of rotatable bonds is 6. The Balaban J connectivity index is 1.54. The number of carbonyl (C=O) groups is 2. The van der Waals surface area contributed by atoms with Gasteiger partial charge < -0.3 is 19.9 Å². The summed E-state index contributed by atoms with van der Waals surface area (Å²) in [7, 11) is 0. The summed E-state index contributed by atoms with van der Waals surface area (Å²) in [6.07, 6.45) is 1.93. The van der Waals surface area contributed by atoms with Gasteiger partial charge in [-0.15, -0.1) is 0 Å². The van der Waals surface area contributed by atoms with Crippen LogP contribution in [0.2, 0.25) is 0 Å². The molecule has 1 aliphatic heterocycles. The number of nitrogens with zero attached hydrogens (tertiary/aromatic N) is 1. The Hall–Kier alpha value is -3.19. The number of fused-ring (bicyclic) bond motifs is 1. The van der Waals surface area contributed by atoms with Crippen molar-refractivity contribution in [3.05, 3.63) is 65.6 Å². The van der Waals surface area contributed by atoms with Gasteiger partial charge in [0, 0.05) is 41.9 Å². The van der Waals surface area contributed by atoms with Crippen LogP contribution in [0.25, 0.3) is 10.9 Å². The summed E-state index contributed by atoms with van der Waals surface area (Å²) in [6.45, 7) is 5.83. The third-order valence-corrected chi connectivity index (χ3v) is 5.72. The minimum atomic E-state index is -0.462. The van der Waals surface area contributed by atoms with Crippen molar-refractivity contribution in [2.24, 2.45) is 0 Å². The van der Waals surface area contributed by atoms with Crippen molar-refractivity contribution in [2.75, 3.05) is 18.5 Å². The van der Waals surface area contributed by atoms with Crippen molar-refractivity contribution >= 4 is 28.4 Å². The van der Waals surface area contributed by atoms with Crippen molar-refractivity contribution in [1.29, 1.82) is 0 Å². The maximum absolute atomic E-state index is 13.4. The maximum Gasteiger partial charge on any atom is 0.268 e. The normalized spacial score (nSPS) is 18.3. The second kappa shape index (κ2) is 8.51. The third kappa shape index (κ3) is 4.46. The van der Waals surface area contributed by atoms with Gasteiger partial charge in [-0.1, -0.05) is 6.07 Å². The highest BCUT2D eigenvalue weighted by Crippen LogP contribution is 2.26. The van der Waals surface area contributed by atoms with Gasteiger partial charge in [0.2, 0.25) is 0 Å². The summed E-state index contributed by atoms with van der Waals surface area (Å²) >= 11 is 0. The zero-order valence-corrected chi connectivity index (χ0v) is 17.7. The lowest BCUT2D eigenvalue weighted by Gasteiger charge is -2.23. The van der Waals surface area contributed by atoms with Crippen LogP contribution in [0.3, 0.4) is 0 Å². The average Bonchev–Trinajstić information content (AvgIpc) is 3.35. The van der Waals surface area contributed by atoms with E-state index < -0.39 is 11.7 Å². The number of aromatic nitrogens is 1. The van der Waals surface area contributed by atoms with Gasteiger partial charge in [-0.2, -0.15) is 0 Å². The van der Waals surface area contributed by atoms with Gasteiger partial charge in [0.25, 0.3) is 11.8 Å². The molecule has 1 aliphatic rings. The first-order chi connectivity index (χ1) is 14.9. The van der Waals surface area contributed by atoms with Gasteiger partial charge in [0.05, 0.1) is 5.60 Å². The molecule has 1 aromatic heterocycles. The molecule has 0 radical (unpaired) electrons. The minimum Gasteiger partial charge on any atom is -0.373 e. The topological polar surface area (TPSA) is 72.4 Å². The van der Waals surface area contributed by atoms with Crippen molar-refractivity contribution < 1.29 is 18.7 Å². The van der Waals surface area contributed by atoms with Gasteiger partial charge in [-0.25, -0.2) is 4.39 Å². The molecule has 4 rings (SSSR count). The van der Waals surface area contributed by atoms with Crippen LogP contribution in [0.5, 0.6) is 0 Å². The van der Waals surface area contributed by atoms with E-state index in [0.29, 0.717) is 24.5 Å². The van der Waals surface area contributed by atoms with E-state index in [9.17, 15) is 14.0 Å². The van der Waals surface area contributed by atoms with Crippen molar-refractivity contribution in [1.82, 2.24) is 9.88 Å². The van der Waals surface area contributed by atoms with Crippen LogP contribution < -0.4 is 10.6 Å². The number of ether oxygens (including phenoxy) is 1. The monoisotopic (exact) mass is 423 g/mol. The first-order valence-electron chi connectivity index (χ1n) is 10.5. The Labute approximate surface area is 180 Å². The fourth-order valence-corrected chi connectivity index (χ4v) is 4.04. The summed E-state index contributed by atoms with van der Waals surface area (Å²) in [5.41, 5.74) is 1.97. The Morgan fingerprint density at radius 1 is 1.16 bits per heavy atom. The summed E-state index contributed by atoms with van der Waals surface area (Å²) in [6, 6.07) is 12.8. The predicted octanol–water partition coefficient (Wildman–Crippen LogP) is 4.35. The largest absolute Gasteiger partial charge is 0.373 e. The molecule has 0 bridgehead atoms. The van der Waals surface area contributed by atoms with Crippen LogP contribution in [-0.4, -0.2) is 35.1 Å². The molecule has 2 aromatic carbocycles. The Kier molecular flexibility index (Phi) is 5.78. The molecule has 162 valence electrons. The number of carbonyl (C=O) groups excluding carboxylic acids is 2. The summed E-state index contributed by atoms with van der Waals surface area (Å²) in [5.74, 6) is -1.01. The van der Waals surface area contributed by atoms with Crippen LogP contribution >= 0.6 is 0 Å². The Morgan fingerprint density at radius 3 is 2.71 bits per heavy atom. The van der Waals surface area contributed by atoms with Crippen LogP contribution in [0.1, 0.15) is 47.5 Å². The van der Waals surface area contributed by atoms with Gasteiger partial charge in [0.1, 0.15) is 11.5 Å². The quantitative estimate of drug-likeness (QED) is 0.619. The molecule has 1 saturated heterocycles. The molecule has 6 nitrogen and oxygen atoms in total. The molecule has 2 N–H and O–H groups in total. The number of hydrogen-bond donors (Lipinski definition) is 2. The zero-order valence-electron chi connectivity index (χ0n) is 17.7. The molecule has 1 fully saturated rings. The number of benzene rings is 2. The SMILES string of the molecule is CCn1c(C(=O)NC[C@]2(C)CCCO2)cc2cc(NC(=O)c3cccc(F)c3)ccc21. The molecule has 0 aliphatic carbocycles. The van der Waals surface area contributed by atoms with E-state index in [0.717, 1.165) is 30.4 Å². The van der Waals surface area contributed by atoms with Crippen molar-refractivity contribution in [3.8, 4) is 0 Å². The minimum absolute atomic E-state index is 0.153. The van der Waals surface area contributed by atoms with Gasteiger partial charge in [-0.05, 0) is 69.2 Å². The lowest BCUT2D eigenvalue weighted by molar-refractivity contribution is 0.0205. The molecular formula is C24H26FN3O3. The molecule has 7 heteroatoms. The molecule has 0 saturated carbocycles. The highest BCUT2D eigenvalue weighted by molar-refractivity contribution is 6.06. The number of anilines is 1. The molecule has 31 heavy (non-hydrogen) atoms. The van der Waals surface area contributed by atoms with Crippen molar-refractivity contribution in [3.63, 3.8) is 0 Å². The van der Waals surface area contributed by atoms with Crippen molar-refractivity contribution in [2.45, 2.75) is 38.8 Å². The first-order valence-corrected chi connectivity index (χ1v) is 10.5. The van der Waals surface area contributed by atoms with E-state index in [1.807, 2.05) is 36.6 Å². The summed E-state index contributed by atoms with van der Waals surface area (Å²) in [4.78, 5) is 25.3. The van der Waals surface area contributed by atoms with Crippen LogP contribution in [0, 0.1) is 5.82 Å². The molecule has 1 atom stereocenters. The number of amides is 2. The number of hydrogen-bond acceptors (Lipinski definition) is 3. The lowest BCUT2D eigenvalue weighted by Crippen LogP contribution is -2.40. The Morgan fingerprint density at radius 2 is 2.00 bits per heavy atom. The highest BCUT2D eigenvalue weighted by atomic mass is 19.1. The molecule has 0 spiro atoms. The lowest BCUT2D eigenvalue weighted by atomic mass is 10.0. The number of halogens is 1. The standard InChI is InChI=1S/C24H26FN3O3/c1-3-28-20-9-8-19(27-22(29)16-6-4-7-18(25)12-16)13-17(20)14-21(28)23(30)26-15-24(2)10-5-11-31-24/h4,6-9,12-14H,3,5,10-11,15H2,1-2H3,(H,26,30)(H,27,29)/t24-/m0/s1. The molecule has 0 unspecified atom stereocenters. The van der Waals surface area contributed by atoms with Crippen LogP contribution in [-0.2, 0) is 11.3 Å². The highest BCUT2D eigenvalue weighted by Gasteiger charge is 2.30. The van der Waals surface area contributed by atoms with Crippen LogP contribution in [0.15, 0.2) is 48.5 Å². The van der Waals surface area contributed by atoms with E-state index in [4.69, 9.17) is 4.74 Å². The smallest absolute Gasteiger partial charge is 0.268 e. The molecular weight excluding hydrogens is 397 g/mol. The maximum atomic E-state index is 13.4. The number of nitrogens with one attached hydrogen (secondary N) is 2. The number of aryl methyl sites for hydroxylation is 1. The second-order valence-corrected chi connectivity index (χ2v) is 8.10. The average molecular weight is 423 g/mol. The Bertz CT molecular complexity index is 1130. The fourth-order valence-electron chi connectivity index (χ4n) is 4.04. The first kappa shape index (κ1) is 21.1. The predicted molar refractivity (Wildman–Crippen MR) is 118 cm³/mol. The summed E-state index contributed by atoms with van der Waals surface area (Å²) < 4.78 is 21.1. The van der Waals surface area contributed by atoms with E-state index in [1.165, 1.54) is 18.2 Å². The van der Waals surface area contributed by atoms with E-state index in [-0.39, 0.29) is 17.1 Å². The van der Waals surface area contributed by atoms with Crippen LogP contribution in [0.4, 0.5) is 10.1 Å². The van der Waals surface area contributed by atoms with E-state index in [1.54, 1.807) is 12.1 Å². The van der Waals surface area contributed by atoms with Gasteiger partial charge >= 0.3 is 0 Å². The summed E-state index contributed by atoms with van der Waals surface area (Å²) in [5, 5.41) is 6.63. The molecule has 3 aromatic rings. The third-order valence-electron chi connectivity index (χ3n) is 5.72. The second-order valence-electron chi connectivity index (χ2n) is 8.10. The molecule has 2 heterocycles. The van der Waals surface area contributed by atoms with Gasteiger partial charge in [0.15, 0.2) is 0 Å².